The molecule has 24 heavy (non-hydrogen) atoms. The van der Waals surface area contributed by atoms with Crippen molar-refractivity contribution in [1.82, 2.24) is 5.32 Å². The molecule has 0 radical (unpaired) electrons. The van der Waals surface area contributed by atoms with E-state index in [2.05, 4.69) is 10.6 Å². The summed E-state index contributed by atoms with van der Waals surface area (Å²) >= 11 is 12.0. The number of nitrogens with one attached hydrogen (secondary N) is 2. The Morgan fingerprint density at radius 1 is 1.08 bits per heavy atom. The summed E-state index contributed by atoms with van der Waals surface area (Å²) in [5, 5.41) is 6.60. The number of methoxy groups -OCH3 is 2. The van der Waals surface area contributed by atoms with Crippen LogP contribution in [0.4, 0.5) is 10.5 Å². The summed E-state index contributed by atoms with van der Waals surface area (Å²) in [7, 11) is 3.08. The predicted molar refractivity (Wildman–Crippen MR) is 96.6 cm³/mol. The lowest BCUT2D eigenvalue weighted by atomic mass is 10.1. The van der Waals surface area contributed by atoms with E-state index in [9.17, 15) is 4.79 Å². The van der Waals surface area contributed by atoms with Gasteiger partial charge < -0.3 is 20.1 Å². The molecule has 1 atom stereocenters. The van der Waals surface area contributed by atoms with Crippen molar-refractivity contribution in [3.05, 3.63) is 52.0 Å². The van der Waals surface area contributed by atoms with E-state index >= 15 is 0 Å². The number of rotatable bonds is 5. The summed E-state index contributed by atoms with van der Waals surface area (Å²) in [6.07, 6.45) is 0. The minimum atomic E-state index is -0.389. The highest BCUT2D eigenvalue weighted by atomic mass is 35.5. The van der Waals surface area contributed by atoms with Gasteiger partial charge in [0.05, 0.1) is 25.9 Å². The molecule has 2 aromatic rings. The topological polar surface area (TPSA) is 59.6 Å². The lowest BCUT2D eigenvalue weighted by Gasteiger charge is -2.17. The van der Waals surface area contributed by atoms with Crippen molar-refractivity contribution < 1.29 is 14.3 Å². The molecule has 0 aliphatic heterocycles. The first-order chi connectivity index (χ1) is 11.4. The molecule has 1 unspecified atom stereocenters. The summed E-state index contributed by atoms with van der Waals surface area (Å²) in [4.78, 5) is 12.3. The van der Waals surface area contributed by atoms with Gasteiger partial charge in [-0.2, -0.15) is 0 Å². The third-order valence-electron chi connectivity index (χ3n) is 3.43. The number of anilines is 1. The van der Waals surface area contributed by atoms with Gasteiger partial charge in [0.1, 0.15) is 11.5 Å². The fourth-order valence-electron chi connectivity index (χ4n) is 2.20. The Kier molecular flexibility index (Phi) is 6.17. The van der Waals surface area contributed by atoms with E-state index in [1.54, 1.807) is 43.5 Å². The summed E-state index contributed by atoms with van der Waals surface area (Å²) in [6, 6.07) is 9.60. The van der Waals surface area contributed by atoms with Crippen LogP contribution in [0.15, 0.2) is 36.4 Å². The molecule has 0 bridgehead atoms. The highest BCUT2D eigenvalue weighted by Crippen LogP contribution is 2.29. The van der Waals surface area contributed by atoms with Crippen molar-refractivity contribution in [1.29, 1.82) is 0 Å². The predicted octanol–water partition coefficient (Wildman–Crippen LogP) is 4.89. The average Bonchev–Trinajstić information content (AvgIpc) is 2.54. The first-order valence-corrected chi connectivity index (χ1v) is 7.94. The van der Waals surface area contributed by atoms with Gasteiger partial charge in [-0.25, -0.2) is 4.79 Å². The Balaban J connectivity index is 2.10. The highest BCUT2D eigenvalue weighted by Gasteiger charge is 2.15. The zero-order valence-electron chi connectivity index (χ0n) is 13.5. The number of benzene rings is 2. The number of hydrogen-bond donors (Lipinski definition) is 2. The SMILES string of the molecule is COc1ccc(OC)c(NC(=O)NC(C)c2ccc(Cl)cc2Cl)c1. The number of ether oxygens (including phenoxy) is 2. The number of amides is 2. The zero-order chi connectivity index (χ0) is 17.7. The molecule has 5 nitrogen and oxygen atoms in total. The second-order valence-electron chi connectivity index (χ2n) is 5.05. The molecule has 0 spiro atoms. The van der Waals surface area contributed by atoms with E-state index in [-0.39, 0.29) is 12.1 Å². The van der Waals surface area contributed by atoms with Crippen molar-refractivity contribution in [2.75, 3.05) is 19.5 Å². The molecular formula is C17H18Cl2N2O3. The smallest absolute Gasteiger partial charge is 0.319 e. The minimum absolute atomic E-state index is 0.300. The van der Waals surface area contributed by atoms with Crippen molar-refractivity contribution in [2.45, 2.75) is 13.0 Å². The van der Waals surface area contributed by atoms with Crippen molar-refractivity contribution in [2.24, 2.45) is 0 Å². The average molecular weight is 369 g/mol. The third kappa shape index (κ3) is 4.46. The molecule has 7 heteroatoms. The van der Waals surface area contributed by atoms with E-state index < -0.39 is 0 Å². The molecule has 2 amide bonds. The van der Waals surface area contributed by atoms with E-state index in [1.807, 2.05) is 6.92 Å². The molecule has 128 valence electrons. The quantitative estimate of drug-likeness (QED) is 0.789. The van der Waals surface area contributed by atoms with Gasteiger partial charge in [0, 0.05) is 16.1 Å². The maximum absolute atomic E-state index is 12.3. The van der Waals surface area contributed by atoms with Crippen LogP contribution in [0.25, 0.3) is 0 Å². The van der Waals surface area contributed by atoms with Crippen LogP contribution in [0.3, 0.4) is 0 Å². The van der Waals surface area contributed by atoms with E-state index in [4.69, 9.17) is 32.7 Å². The normalized spacial score (nSPS) is 11.5. The molecule has 0 aliphatic carbocycles. The van der Waals surface area contributed by atoms with Gasteiger partial charge in [0.25, 0.3) is 0 Å². The number of carbonyl (C=O) groups is 1. The number of hydrogen-bond acceptors (Lipinski definition) is 3. The second-order valence-corrected chi connectivity index (χ2v) is 5.90. The first-order valence-electron chi connectivity index (χ1n) is 7.19. The van der Waals surface area contributed by atoms with E-state index in [0.717, 1.165) is 5.56 Å². The molecule has 2 N–H and O–H groups in total. The van der Waals surface area contributed by atoms with Crippen molar-refractivity contribution in [3.8, 4) is 11.5 Å². The van der Waals surface area contributed by atoms with E-state index in [0.29, 0.717) is 27.2 Å². The minimum Gasteiger partial charge on any atom is -0.497 e. The fourth-order valence-corrected chi connectivity index (χ4v) is 2.77. The van der Waals surface area contributed by atoms with Gasteiger partial charge >= 0.3 is 6.03 Å². The monoisotopic (exact) mass is 368 g/mol. The zero-order valence-corrected chi connectivity index (χ0v) is 15.0. The van der Waals surface area contributed by atoms with Crippen LogP contribution in [0.2, 0.25) is 10.0 Å². The molecule has 0 saturated heterocycles. The molecule has 0 aliphatic rings. The number of urea groups is 1. The van der Waals surface area contributed by atoms with Gasteiger partial charge in [-0.3, -0.25) is 0 Å². The standard InChI is InChI=1S/C17H18Cl2N2O3/c1-10(13-6-4-11(18)8-14(13)19)20-17(22)21-15-9-12(23-2)5-7-16(15)24-3/h4-10H,1-3H3,(H2,20,21,22). The lowest BCUT2D eigenvalue weighted by molar-refractivity contribution is 0.249. The summed E-state index contributed by atoms with van der Waals surface area (Å²) in [6.45, 7) is 1.83. The maximum Gasteiger partial charge on any atom is 0.319 e. The summed E-state index contributed by atoms with van der Waals surface area (Å²) in [5.41, 5.74) is 1.28. The molecule has 0 saturated carbocycles. The van der Waals surface area contributed by atoms with Gasteiger partial charge in [-0.15, -0.1) is 0 Å². The van der Waals surface area contributed by atoms with Crippen LogP contribution >= 0.6 is 23.2 Å². The molecule has 2 aromatic carbocycles. The van der Waals surface area contributed by atoms with Crippen LogP contribution in [-0.4, -0.2) is 20.3 Å². The van der Waals surface area contributed by atoms with E-state index in [1.165, 1.54) is 7.11 Å². The molecule has 0 fully saturated rings. The van der Waals surface area contributed by atoms with Crippen LogP contribution < -0.4 is 20.1 Å². The summed E-state index contributed by atoms with van der Waals surface area (Å²) < 4.78 is 10.4. The second kappa shape index (κ2) is 8.13. The van der Waals surface area contributed by atoms with Crippen LogP contribution in [-0.2, 0) is 0 Å². The highest BCUT2D eigenvalue weighted by molar-refractivity contribution is 6.35. The van der Waals surface area contributed by atoms with Crippen molar-refractivity contribution >= 4 is 34.9 Å². The Hall–Kier alpha value is -2.11. The van der Waals surface area contributed by atoms with Crippen LogP contribution in [0, 0.1) is 0 Å². The Morgan fingerprint density at radius 3 is 2.46 bits per heavy atom. The van der Waals surface area contributed by atoms with Gasteiger partial charge in [-0.1, -0.05) is 29.3 Å². The van der Waals surface area contributed by atoms with Crippen LogP contribution in [0.1, 0.15) is 18.5 Å². The largest absolute Gasteiger partial charge is 0.497 e. The lowest BCUT2D eigenvalue weighted by Crippen LogP contribution is -2.31. The van der Waals surface area contributed by atoms with Gasteiger partial charge in [0.15, 0.2) is 0 Å². The molecule has 0 heterocycles. The third-order valence-corrected chi connectivity index (χ3v) is 3.99. The molecule has 0 aromatic heterocycles. The number of halogens is 2. The Labute approximate surface area is 150 Å². The van der Waals surface area contributed by atoms with Gasteiger partial charge in [-0.05, 0) is 36.8 Å². The first kappa shape index (κ1) is 18.2. The summed E-state index contributed by atoms with van der Waals surface area (Å²) in [5.74, 6) is 1.14. The molecule has 2 rings (SSSR count). The Morgan fingerprint density at radius 2 is 1.83 bits per heavy atom. The number of carbonyl (C=O) groups excluding carboxylic acids is 1. The van der Waals surface area contributed by atoms with Crippen molar-refractivity contribution in [3.63, 3.8) is 0 Å². The van der Waals surface area contributed by atoms with Gasteiger partial charge in [0.2, 0.25) is 0 Å². The molecular weight excluding hydrogens is 351 g/mol. The maximum atomic E-state index is 12.3. The fraction of sp³-hybridized carbons (Fsp3) is 0.235. The van der Waals surface area contributed by atoms with Crippen LogP contribution in [0.5, 0.6) is 11.5 Å². The Bertz CT molecular complexity index is 738.